The maximum absolute atomic E-state index is 11.1. The zero-order valence-electron chi connectivity index (χ0n) is 10.9. The molecule has 0 radical (unpaired) electrons. The Morgan fingerprint density at radius 1 is 1.30 bits per heavy atom. The molecule has 4 N–H and O–H groups in total. The molecule has 0 saturated heterocycles. The molecule has 0 spiro atoms. The van der Waals surface area contributed by atoms with E-state index in [1.54, 1.807) is 12.3 Å². The number of rotatable bonds is 3. The van der Waals surface area contributed by atoms with Crippen LogP contribution in [-0.4, -0.2) is 10.9 Å². The average molecular weight is 269 g/mol. The monoisotopic (exact) mass is 269 g/mol. The van der Waals surface area contributed by atoms with Gasteiger partial charge in [-0.25, -0.2) is 0 Å². The lowest BCUT2D eigenvalue weighted by Gasteiger charge is -2.15. The highest BCUT2D eigenvalue weighted by atomic mass is 16.5. The molecule has 0 aliphatic heterocycles. The first-order valence-corrected chi connectivity index (χ1v) is 6.43. The molecule has 1 aliphatic carbocycles. The molecule has 3 rings (SSSR count). The molecule has 1 aliphatic rings. The van der Waals surface area contributed by atoms with Crippen molar-refractivity contribution in [1.82, 2.24) is 4.98 Å². The van der Waals surface area contributed by atoms with Crippen LogP contribution in [0.15, 0.2) is 36.7 Å². The van der Waals surface area contributed by atoms with Crippen molar-refractivity contribution in [3.05, 3.63) is 53.3 Å². The number of nitrogens with zero attached hydrogens (tertiary/aromatic N) is 1. The van der Waals surface area contributed by atoms with Crippen LogP contribution in [0.1, 0.15) is 34.0 Å². The van der Waals surface area contributed by atoms with Gasteiger partial charge in [0, 0.05) is 11.9 Å². The summed E-state index contributed by atoms with van der Waals surface area (Å²) < 4.78 is 5.92. The van der Waals surface area contributed by atoms with Crippen molar-refractivity contribution in [2.75, 3.05) is 5.73 Å². The van der Waals surface area contributed by atoms with Crippen molar-refractivity contribution < 1.29 is 9.53 Å². The number of fused-ring (bicyclic) bond motifs is 1. The number of hydrogen-bond donors (Lipinski definition) is 2. The summed E-state index contributed by atoms with van der Waals surface area (Å²) in [4.78, 5) is 15.1. The lowest BCUT2D eigenvalue weighted by molar-refractivity contribution is 0.0999. The lowest BCUT2D eigenvalue weighted by Crippen LogP contribution is -2.12. The number of amides is 1. The topological polar surface area (TPSA) is 91.2 Å². The minimum Gasteiger partial charge on any atom is -0.484 e. The molecule has 1 aromatic carbocycles. The Hall–Kier alpha value is -2.56. The van der Waals surface area contributed by atoms with Crippen LogP contribution in [0.3, 0.4) is 0 Å². The molecule has 0 bridgehead atoms. The summed E-state index contributed by atoms with van der Waals surface area (Å²) in [6, 6.07) is 7.49. The molecule has 2 aromatic rings. The van der Waals surface area contributed by atoms with Crippen molar-refractivity contribution in [2.24, 2.45) is 5.73 Å². The molecule has 1 amide bonds. The van der Waals surface area contributed by atoms with Gasteiger partial charge in [-0.05, 0) is 42.2 Å². The highest BCUT2D eigenvalue weighted by molar-refractivity contribution is 5.92. The van der Waals surface area contributed by atoms with E-state index in [9.17, 15) is 4.79 Å². The van der Waals surface area contributed by atoms with E-state index in [1.165, 1.54) is 11.8 Å². The van der Waals surface area contributed by atoms with Crippen LogP contribution in [0, 0.1) is 0 Å². The predicted octanol–water partition coefficient (Wildman–Crippen LogP) is 1.83. The summed E-state index contributed by atoms with van der Waals surface area (Å²) in [7, 11) is 0. The van der Waals surface area contributed by atoms with Crippen LogP contribution in [0.2, 0.25) is 0 Å². The summed E-state index contributed by atoms with van der Waals surface area (Å²) in [6.45, 7) is 0. The predicted molar refractivity (Wildman–Crippen MR) is 75.3 cm³/mol. The van der Waals surface area contributed by atoms with Crippen molar-refractivity contribution in [2.45, 2.75) is 18.9 Å². The maximum Gasteiger partial charge on any atom is 0.250 e. The number of aryl methyl sites for hydroxylation is 1. The molecule has 102 valence electrons. The minimum atomic E-state index is -0.515. The number of nitrogen functional groups attached to an aromatic ring is 1. The third-order valence-corrected chi connectivity index (χ3v) is 3.47. The van der Waals surface area contributed by atoms with E-state index < -0.39 is 5.91 Å². The summed E-state index contributed by atoms with van der Waals surface area (Å²) in [6.07, 6.45) is 4.80. The molecule has 1 atom stereocenters. The Kier molecular flexibility index (Phi) is 3.02. The fraction of sp³-hybridized carbons (Fsp3) is 0.200. The number of benzene rings is 1. The van der Waals surface area contributed by atoms with E-state index in [1.807, 2.05) is 18.2 Å². The number of nitrogens with two attached hydrogens (primary N) is 2. The number of aromatic nitrogens is 1. The first-order chi connectivity index (χ1) is 9.63. The second-order valence-electron chi connectivity index (χ2n) is 4.88. The Labute approximate surface area is 116 Å². The number of ether oxygens (including phenoxy) is 1. The molecule has 1 heterocycles. The van der Waals surface area contributed by atoms with Gasteiger partial charge >= 0.3 is 0 Å². The van der Waals surface area contributed by atoms with Crippen molar-refractivity contribution >= 4 is 11.6 Å². The third kappa shape index (κ3) is 2.30. The Bertz CT molecular complexity index is 670. The standard InChI is InChI=1S/C15H15N3O2/c16-11-3-1-9-2-4-14(13(9)6-11)20-12-5-10(15(17)19)7-18-8-12/h1,3,5-8,14H,2,4,16H2,(H2,17,19)/t14-/m1/s1. The van der Waals surface area contributed by atoms with Crippen LogP contribution in [-0.2, 0) is 6.42 Å². The third-order valence-electron chi connectivity index (χ3n) is 3.47. The van der Waals surface area contributed by atoms with Crippen molar-refractivity contribution in [1.29, 1.82) is 0 Å². The SMILES string of the molecule is NC(=O)c1cncc(O[C@@H]2CCc3ccc(N)cc32)c1. The number of anilines is 1. The fourth-order valence-electron chi connectivity index (χ4n) is 2.49. The van der Waals surface area contributed by atoms with Crippen molar-refractivity contribution in [3.63, 3.8) is 0 Å². The highest BCUT2D eigenvalue weighted by Crippen LogP contribution is 2.35. The van der Waals surface area contributed by atoms with Gasteiger partial charge in [-0.2, -0.15) is 0 Å². The normalized spacial score (nSPS) is 16.7. The van der Waals surface area contributed by atoms with Gasteiger partial charge in [0.1, 0.15) is 11.9 Å². The number of carbonyl (C=O) groups is 1. The summed E-state index contributed by atoms with van der Waals surface area (Å²) in [5, 5.41) is 0. The van der Waals surface area contributed by atoms with Crippen LogP contribution in [0.4, 0.5) is 5.69 Å². The van der Waals surface area contributed by atoms with E-state index in [0.29, 0.717) is 11.3 Å². The summed E-state index contributed by atoms with van der Waals surface area (Å²) in [5.74, 6) is 0.0283. The van der Waals surface area contributed by atoms with Crippen LogP contribution < -0.4 is 16.2 Å². The molecule has 0 saturated carbocycles. The quantitative estimate of drug-likeness (QED) is 0.831. The second kappa shape index (κ2) is 4.85. The Balaban J connectivity index is 1.85. The van der Waals surface area contributed by atoms with Gasteiger partial charge in [0.25, 0.3) is 0 Å². The van der Waals surface area contributed by atoms with Crippen LogP contribution >= 0.6 is 0 Å². The molecule has 5 nitrogen and oxygen atoms in total. The van der Waals surface area contributed by atoms with Crippen LogP contribution in [0.5, 0.6) is 5.75 Å². The average Bonchev–Trinajstić information content (AvgIpc) is 2.82. The van der Waals surface area contributed by atoms with Gasteiger partial charge in [0.15, 0.2) is 0 Å². The number of pyridine rings is 1. The second-order valence-corrected chi connectivity index (χ2v) is 4.88. The van der Waals surface area contributed by atoms with Crippen LogP contribution in [0.25, 0.3) is 0 Å². The van der Waals surface area contributed by atoms with Gasteiger partial charge in [0.05, 0.1) is 11.8 Å². The van der Waals surface area contributed by atoms with E-state index in [2.05, 4.69) is 4.98 Å². The van der Waals surface area contributed by atoms with E-state index in [4.69, 9.17) is 16.2 Å². The molecule has 5 heteroatoms. The minimum absolute atomic E-state index is 0.0570. The first kappa shape index (κ1) is 12.5. The number of carbonyl (C=O) groups excluding carboxylic acids is 1. The molecular formula is C15H15N3O2. The fourth-order valence-corrected chi connectivity index (χ4v) is 2.49. The largest absolute Gasteiger partial charge is 0.484 e. The summed E-state index contributed by atoms with van der Waals surface area (Å²) in [5.41, 5.74) is 14.5. The highest BCUT2D eigenvalue weighted by Gasteiger charge is 2.24. The first-order valence-electron chi connectivity index (χ1n) is 6.43. The van der Waals surface area contributed by atoms with Gasteiger partial charge < -0.3 is 16.2 Å². The van der Waals surface area contributed by atoms with Gasteiger partial charge in [-0.3, -0.25) is 9.78 Å². The molecule has 1 aromatic heterocycles. The van der Waals surface area contributed by atoms with E-state index in [-0.39, 0.29) is 6.10 Å². The molecule has 20 heavy (non-hydrogen) atoms. The van der Waals surface area contributed by atoms with Gasteiger partial charge in [0.2, 0.25) is 5.91 Å². The zero-order chi connectivity index (χ0) is 14.1. The maximum atomic E-state index is 11.1. The lowest BCUT2D eigenvalue weighted by atomic mass is 10.1. The number of hydrogen-bond acceptors (Lipinski definition) is 4. The number of primary amides is 1. The van der Waals surface area contributed by atoms with Gasteiger partial charge in [-0.1, -0.05) is 6.07 Å². The Morgan fingerprint density at radius 2 is 2.15 bits per heavy atom. The summed E-state index contributed by atoms with van der Waals surface area (Å²) >= 11 is 0. The van der Waals surface area contributed by atoms with E-state index in [0.717, 1.165) is 24.1 Å². The molecule has 0 unspecified atom stereocenters. The smallest absolute Gasteiger partial charge is 0.250 e. The molecular weight excluding hydrogens is 254 g/mol. The molecule has 0 fully saturated rings. The van der Waals surface area contributed by atoms with Crippen molar-refractivity contribution in [3.8, 4) is 5.75 Å². The zero-order valence-corrected chi connectivity index (χ0v) is 10.9. The van der Waals surface area contributed by atoms with E-state index >= 15 is 0 Å². The van der Waals surface area contributed by atoms with Gasteiger partial charge in [-0.15, -0.1) is 0 Å². The Morgan fingerprint density at radius 3 is 2.95 bits per heavy atom.